The summed E-state index contributed by atoms with van der Waals surface area (Å²) in [7, 11) is -4.07. The molecule has 11 heteroatoms. The Hall–Kier alpha value is -3.27. The number of carbonyl (C=O) groups is 2. The molecule has 0 aliphatic heterocycles. The SMILES string of the molecule is NC(=O)NCc1ccc(C(=O)Nc2ccc(Cl)c(S(=O)(=O)Nc3ccccc3Cl)c2)cc1. The lowest BCUT2D eigenvalue weighted by Gasteiger charge is -2.13. The molecule has 166 valence electrons. The van der Waals surface area contributed by atoms with Crippen molar-refractivity contribution >= 4 is 56.5 Å². The number of hydrogen-bond acceptors (Lipinski definition) is 4. The molecule has 0 unspecified atom stereocenters. The van der Waals surface area contributed by atoms with Crippen LogP contribution in [0.1, 0.15) is 15.9 Å². The minimum absolute atomic E-state index is 0.0196. The number of carbonyl (C=O) groups excluding carboxylic acids is 2. The van der Waals surface area contributed by atoms with Crippen LogP contribution in [0.3, 0.4) is 0 Å². The van der Waals surface area contributed by atoms with Gasteiger partial charge >= 0.3 is 6.03 Å². The van der Waals surface area contributed by atoms with Crippen molar-refractivity contribution in [2.24, 2.45) is 5.73 Å². The first kappa shape index (κ1) is 23.4. The fourth-order valence-electron chi connectivity index (χ4n) is 2.70. The lowest BCUT2D eigenvalue weighted by Crippen LogP contribution is -2.28. The highest BCUT2D eigenvalue weighted by molar-refractivity contribution is 7.92. The first-order valence-corrected chi connectivity index (χ1v) is 11.4. The van der Waals surface area contributed by atoms with Gasteiger partial charge in [-0.3, -0.25) is 9.52 Å². The van der Waals surface area contributed by atoms with Crippen molar-refractivity contribution in [1.29, 1.82) is 0 Å². The van der Waals surface area contributed by atoms with Crippen LogP contribution in [0.2, 0.25) is 10.0 Å². The third-order valence-electron chi connectivity index (χ3n) is 4.28. The number of para-hydroxylation sites is 1. The summed E-state index contributed by atoms with van der Waals surface area (Å²) >= 11 is 12.1. The van der Waals surface area contributed by atoms with Crippen molar-refractivity contribution in [3.8, 4) is 0 Å². The number of rotatable bonds is 7. The maximum Gasteiger partial charge on any atom is 0.312 e. The summed E-state index contributed by atoms with van der Waals surface area (Å²) < 4.78 is 28.0. The molecule has 0 aliphatic rings. The molecular formula is C21H18Cl2N4O4S. The van der Waals surface area contributed by atoms with Crippen LogP contribution in [0.4, 0.5) is 16.2 Å². The topological polar surface area (TPSA) is 130 Å². The van der Waals surface area contributed by atoms with Gasteiger partial charge in [0.15, 0.2) is 0 Å². The number of hydrogen-bond donors (Lipinski definition) is 4. The average molecular weight is 493 g/mol. The van der Waals surface area contributed by atoms with Crippen LogP contribution in [0, 0.1) is 0 Å². The van der Waals surface area contributed by atoms with Gasteiger partial charge in [0.25, 0.3) is 15.9 Å². The van der Waals surface area contributed by atoms with Crippen molar-refractivity contribution in [3.05, 3.63) is 87.9 Å². The van der Waals surface area contributed by atoms with Gasteiger partial charge in [-0.2, -0.15) is 0 Å². The molecule has 0 spiro atoms. The maximum absolute atomic E-state index is 12.8. The number of nitrogens with two attached hydrogens (primary N) is 1. The Morgan fingerprint density at radius 1 is 0.906 bits per heavy atom. The van der Waals surface area contributed by atoms with Crippen molar-refractivity contribution < 1.29 is 18.0 Å². The standard InChI is InChI=1S/C21H18Cl2N4O4S/c22-16-3-1-2-4-18(16)27-32(30,31)19-11-15(9-10-17(19)23)26-20(28)14-7-5-13(6-8-14)12-25-21(24)29/h1-11,27H,12H2,(H,26,28)(H3,24,25,29). The van der Waals surface area contributed by atoms with Crippen molar-refractivity contribution in [1.82, 2.24) is 5.32 Å². The second kappa shape index (κ2) is 9.90. The van der Waals surface area contributed by atoms with Gasteiger partial charge in [0.1, 0.15) is 4.90 Å². The molecule has 32 heavy (non-hydrogen) atoms. The third kappa shape index (κ3) is 5.91. The molecule has 0 aliphatic carbocycles. The second-order valence-corrected chi connectivity index (χ2v) is 9.06. The van der Waals surface area contributed by atoms with E-state index < -0.39 is 22.0 Å². The summed E-state index contributed by atoms with van der Waals surface area (Å²) in [6.45, 7) is 0.230. The third-order valence-corrected chi connectivity index (χ3v) is 6.46. The highest BCUT2D eigenvalue weighted by Crippen LogP contribution is 2.29. The van der Waals surface area contributed by atoms with E-state index in [1.807, 2.05) is 0 Å². The maximum atomic E-state index is 12.8. The molecule has 8 nitrogen and oxygen atoms in total. The molecule has 3 amide bonds. The minimum atomic E-state index is -4.07. The smallest absolute Gasteiger partial charge is 0.312 e. The molecule has 0 saturated heterocycles. The van der Waals surface area contributed by atoms with E-state index in [-0.39, 0.29) is 32.9 Å². The number of benzene rings is 3. The van der Waals surface area contributed by atoms with E-state index in [0.29, 0.717) is 5.56 Å². The van der Waals surface area contributed by atoms with Crippen LogP contribution in [-0.4, -0.2) is 20.4 Å². The number of amides is 3. The van der Waals surface area contributed by atoms with Crippen LogP contribution in [-0.2, 0) is 16.6 Å². The first-order valence-electron chi connectivity index (χ1n) is 9.16. The summed E-state index contributed by atoms with van der Waals surface area (Å²) in [5, 5.41) is 5.30. The number of anilines is 2. The van der Waals surface area contributed by atoms with Gasteiger partial charge in [0.05, 0.1) is 15.7 Å². The minimum Gasteiger partial charge on any atom is -0.352 e. The zero-order valence-corrected chi connectivity index (χ0v) is 18.8. The lowest BCUT2D eigenvalue weighted by atomic mass is 10.1. The molecule has 0 radical (unpaired) electrons. The Balaban J connectivity index is 1.77. The van der Waals surface area contributed by atoms with Gasteiger partial charge in [0, 0.05) is 17.8 Å². The molecule has 5 N–H and O–H groups in total. The molecule has 0 fully saturated rings. The Bertz CT molecular complexity index is 1270. The predicted molar refractivity (Wildman–Crippen MR) is 125 cm³/mol. The van der Waals surface area contributed by atoms with Crippen LogP contribution in [0.5, 0.6) is 0 Å². The highest BCUT2D eigenvalue weighted by atomic mass is 35.5. The molecule has 3 aromatic carbocycles. The Morgan fingerprint density at radius 2 is 1.59 bits per heavy atom. The number of urea groups is 1. The van der Waals surface area contributed by atoms with E-state index in [1.165, 1.54) is 24.3 Å². The highest BCUT2D eigenvalue weighted by Gasteiger charge is 2.20. The van der Waals surface area contributed by atoms with Crippen molar-refractivity contribution in [3.63, 3.8) is 0 Å². The molecule has 0 bridgehead atoms. The van der Waals surface area contributed by atoms with E-state index in [4.69, 9.17) is 28.9 Å². The lowest BCUT2D eigenvalue weighted by molar-refractivity contribution is 0.102. The Morgan fingerprint density at radius 3 is 2.25 bits per heavy atom. The summed E-state index contributed by atoms with van der Waals surface area (Å²) in [5.41, 5.74) is 6.56. The van der Waals surface area contributed by atoms with Crippen LogP contribution in [0.25, 0.3) is 0 Å². The van der Waals surface area contributed by atoms with Gasteiger partial charge in [-0.15, -0.1) is 0 Å². The van der Waals surface area contributed by atoms with E-state index in [2.05, 4.69) is 15.4 Å². The van der Waals surface area contributed by atoms with Crippen LogP contribution >= 0.6 is 23.2 Å². The van der Waals surface area contributed by atoms with Crippen LogP contribution in [0.15, 0.2) is 71.6 Å². The molecule has 0 aromatic heterocycles. The van der Waals surface area contributed by atoms with Crippen molar-refractivity contribution in [2.75, 3.05) is 10.0 Å². The fraction of sp³-hybridized carbons (Fsp3) is 0.0476. The summed E-state index contributed by atoms with van der Waals surface area (Å²) in [5.74, 6) is -0.454. The number of sulfonamides is 1. The number of halogens is 2. The van der Waals surface area contributed by atoms with E-state index in [9.17, 15) is 18.0 Å². The largest absolute Gasteiger partial charge is 0.352 e. The molecule has 3 aromatic rings. The molecular weight excluding hydrogens is 475 g/mol. The van der Waals surface area contributed by atoms with Crippen LogP contribution < -0.4 is 21.1 Å². The van der Waals surface area contributed by atoms with Crippen molar-refractivity contribution in [2.45, 2.75) is 11.4 Å². The summed E-state index contributed by atoms with van der Waals surface area (Å²) in [6.07, 6.45) is 0. The predicted octanol–water partition coefficient (Wildman–Crippen LogP) is 4.21. The first-order chi connectivity index (χ1) is 15.2. The zero-order chi connectivity index (χ0) is 23.3. The van der Waals surface area contributed by atoms with Gasteiger partial charge in [-0.25, -0.2) is 13.2 Å². The monoisotopic (exact) mass is 492 g/mol. The van der Waals surface area contributed by atoms with Gasteiger partial charge < -0.3 is 16.4 Å². The summed E-state index contributed by atoms with van der Waals surface area (Å²) in [4.78, 5) is 23.1. The summed E-state index contributed by atoms with van der Waals surface area (Å²) in [6, 6.07) is 16.3. The molecule has 0 saturated carbocycles. The van der Waals surface area contributed by atoms with Gasteiger partial charge in [-0.05, 0) is 48.0 Å². The quantitative estimate of drug-likeness (QED) is 0.393. The zero-order valence-electron chi connectivity index (χ0n) is 16.4. The number of primary amides is 1. The van der Waals surface area contributed by atoms with E-state index in [1.54, 1.807) is 42.5 Å². The molecule has 0 heterocycles. The van der Waals surface area contributed by atoms with E-state index in [0.717, 1.165) is 5.56 Å². The van der Waals surface area contributed by atoms with Gasteiger partial charge in [-0.1, -0.05) is 47.5 Å². The Kier molecular flexibility index (Phi) is 7.24. The molecule has 3 rings (SSSR count). The normalized spacial score (nSPS) is 10.9. The number of nitrogens with one attached hydrogen (secondary N) is 3. The molecule has 0 atom stereocenters. The average Bonchev–Trinajstić information content (AvgIpc) is 2.75. The van der Waals surface area contributed by atoms with E-state index >= 15 is 0 Å². The Labute approximate surface area is 194 Å². The van der Waals surface area contributed by atoms with Gasteiger partial charge in [0.2, 0.25) is 0 Å². The second-order valence-electron chi connectivity index (χ2n) is 6.60. The fourth-order valence-corrected chi connectivity index (χ4v) is 4.54.